The van der Waals surface area contributed by atoms with Crippen molar-refractivity contribution in [3.05, 3.63) is 70.9 Å². The number of likely N-dealkylation sites (N-methyl/N-ethyl adjacent to an activating group) is 1. The highest BCUT2D eigenvalue weighted by Crippen LogP contribution is 2.68. The molecule has 3 aromatic rings. The number of aromatic amines is 1. The molecule has 1 saturated carbocycles. The van der Waals surface area contributed by atoms with Crippen LogP contribution in [0.5, 0.6) is 5.75 Å². The zero-order valence-electron chi connectivity index (χ0n) is 40.5. The van der Waals surface area contributed by atoms with Crippen molar-refractivity contribution in [1.82, 2.24) is 14.8 Å². The van der Waals surface area contributed by atoms with E-state index in [9.17, 15) is 29.4 Å². The lowest BCUT2D eigenvalue weighted by molar-refractivity contribution is -0.228. The number of nitrogens with zero attached hydrogens (tertiary/aromatic N) is 3. The molecule has 2 aromatic carbocycles. The fourth-order valence-electron chi connectivity index (χ4n) is 12.5. The summed E-state index contributed by atoms with van der Waals surface area (Å²) < 4.78 is 79.6. The van der Waals surface area contributed by atoms with Gasteiger partial charge in [-0.15, -0.1) is 0 Å². The number of H-pyrrole nitrogens is 1. The Labute approximate surface area is 386 Å². The molecule has 1 aliphatic carbocycles. The van der Waals surface area contributed by atoms with Crippen LogP contribution in [0.3, 0.4) is 0 Å². The molecular weight excluding hydrogens is 881 g/mol. The van der Waals surface area contributed by atoms with Gasteiger partial charge < -0.3 is 43.9 Å². The molecule has 1 saturated heterocycles. The van der Waals surface area contributed by atoms with Crippen LogP contribution < -0.4 is 9.64 Å². The van der Waals surface area contributed by atoms with Crippen LogP contribution in [0.2, 0.25) is 0 Å². The van der Waals surface area contributed by atoms with E-state index in [1.807, 2.05) is 31.2 Å². The van der Waals surface area contributed by atoms with Crippen LogP contribution in [0.4, 0.5) is 5.69 Å². The van der Waals surface area contributed by atoms with Crippen molar-refractivity contribution in [2.75, 3.05) is 59.4 Å². The number of rotatable bonds is 10. The monoisotopic (exact) mass is 941 g/mol. The maximum atomic E-state index is 15.6. The Morgan fingerprint density at radius 3 is 2.38 bits per heavy atom. The second-order valence-electron chi connectivity index (χ2n) is 17.8. The minimum absolute atomic E-state index is 0.0650. The van der Waals surface area contributed by atoms with Gasteiger partial charge >= 0.3 is 28.3 Å². The number of anilines is 1. The van der Waals surface area contributed by atoms with E-state index in [-0.39, 0.29) is 42.9 Å². The molecule has 66 heavy (non-hydrogen) atoms. The first kappa shape index (κ1) is 44.5. The SMILES string of the molecule is O=S(=O)(O)O.[2H]C([2H])([2H])OC(=O)[C@]1(c2cc3c(cc2OC)N(C)C2[C@]34CCN3CC=C[C@@](CC)([C@@H](OC(C)=O)[C@]2(O)C(=O)OC)[C@H]34)C[C@H]([C@@H](O)C(=O)CC)CN(C=O)CCc2c1[nH]c1ccccc21. The summed E-state index contributed by atoms with van der Waals surface area (Å²) in [5, 5.41) is 25.9. The van der Waals surface area contributed by atoms with Gasteiger partial charge in [-0.2, -0.15) is 8.42 Å². The molecule has 5 heterocycles. The first-order chi connectivity index (χ1) is 32.3. The Kier molecular flexibility index (Phi) is 11.9. The molecular formula is C46H58N4O15S. The van der Waals surface area contributed by atoms with Crippen LogP contribution >= 0.6 is 0 Å². The summed E-state index contributed by atoms with van der Waals surface area (Å²) in [6.07, 6.45) is 1.80. The molecule has 1 unspecified atom stereocenters. The van der Waals surface area contributed by atoms with Crippen molar-refractivity contribution >= 4 is 57.1 Å². The highest BCUT2D eigenvalue weighted by Gasteiger charge is 2.80. The van der Waals surface area contributed by atoms with Gasteiger partial charge in [0.2, 0.25) is 12.0 Å². The number of carbonyl (C=O) groups excluding carboxylic acids is 5. The van der Waals surface area contributed by atoms with Crippen molar-refractivity contribution in [1.29, 1.82) is 0 Å². The van der Waals surface area contributed by atoms with Crippen molar-refractivity contribution < 1.29 is 74.8 Å². The number of benzene rings is 2. The van der Waals surface area contributed by atoms with Crippen LogP contribution in [0.1, 0.15) is 73.0 Å². The number of hydrogen-bond acceptors (Lipinski definition) is 15. The molecule has 2 fully saturated rings. The number of amides is 1. The molecule has 1 spiro atoms. The first-order valence-corrected chi connectivity index (χ1v) is 23.0. The summed E-state index contributed by atoms with van der Waals surface area (Å²) in [7, 11) is -3.65. The van der Waals surface area contributed by atoms with Gasteiger partial charge in [-0.25, -0.2) is 4.79 Å². The van der Waals surface area contributed by atoms with Gasteiger partial charge in [-0.05, 0) is 55.5 Å². The van der Waals surface area contributed by atoms with Gasteiger partial charge in [0.05, 0.1) is 31.4 Å². The molecule has 1 amide bonds. The van der Waals surface area contributed by atoms with E-state index in [0.717, 1.165) is 0 Å². The third kappa shape index (κ3) is 7.27. The lowest BCUT2D eigenvalue weighted by Crippen LogP contribution is -2.81. The van der Waals surface area contributed by atoms with Gasteiger partial charge in [-0.1, -0.05) is 44.2 Å². The van der Waals surface area contributed by atoms with E-state index >= 15 is 4.79 Å². The quantitative estimate of drug-likeness (QED) is 0.0642. The van der Waals surface area contributed by atoms with Gasteiger partial charge in [0.25, 0.3) is 0 Å². The molecule has 9 atom stereocenters. The molecule has 19 nitrogen and oxygen atoms in total. The van der Waals surface area contributed by atoms with E-state index < -0.39 is 99.6 Å². The lowest BCUT2D eigenvalue weighted by atomic mass is 9.47. The van der Waals surface area contributed by atoms with Gasteiger partial charge in [-0.3, -0.25) is 33.2 Å². The van der Waals surface area contributed by atoms with Crippen LogP contribution in [0.15, 0.2) is 48.6 Å². The number of Topliss-reactive ketones (excluding diaryl/α,β-unsaturated/α-hetero) is 1. The smallest absolute Gasteiger partial charge is 0.394 e. The number of hydrogen-bond donors (Lipinski definition) is 5. The van der Waals surface area contributed by atoms with E-state index in [2.05, 4.69) is 9.88 Å². The Morgan fingerprint density at radius 2 is 1.76 bits per heavy atom. The molecule has 4 aliphatic heterocycles. The summed E-state index contributed by atoms with van der Waals surface area (Å²) in [5.74, 6) is -4.53. The van der Waals surface area contributed by atoms with Crippen molar-refractivity contribution in [2.24, 2.45) is 11.3 Å². The number of aliphatic hydroxyl groups excluding tert-OH is 1. The normalized spacial score (nSPS) is 31.3. The number of esters is 3. The molecule has 0 bridgehead atoms. The van der Waals surface area contributed by atoms with Crippen molar-refractivity contribution in [3.8, 4) is 5.75 Å². The number of fused-ring (bicyclic) bond motifs is 4. The number of nitrogens with one attached hydrogen (secondary N) is 1. The largest absolute Gasteiger partial charge is 0.496 e. The molecule has 5 aliphatic rings. The highest BCUT2D eigenvalue weighted by atomic mass is 32.3. The topological polar surface area (TPSA) is 263 Å². The Bertz CT molecular complexity index is 2690. The van der Waals surface area contributed by atoms with Crippen molar-refractivity contribution in [2.45, 2.75) is 93.6 Å². The lowest BCUT2D eigenvalue weighted by Gasteiger charge is -2.63. The van der Waals surface area contributed by atoms with Crippen LogP contribution in [-0.4, -0.2) is 157 Å². The second-order valence-corrected chi connectivity index (χ2v) is 18.7. The van der Waals surface area contributed by atoms with Crippen LogP contribution in [0, 0.1) is 11.3 Å². The van der Waals surface area contributed by atoms with Crippen LogP contribution in [0.25, 0.3) is 10.9 Å². The van der Waals surface area contributed by atoms with Gasteiger partial charge in [0, 0.05) is 96.7 Å². The summed E-state index contributed by atoms with van der Waals surface area (Å²) in [6, 6.07) is 9.10. The maximum Gasteiger partial charge on any atom is 0.394 e. The third-order valence-corrected chi connectivity index (χ3v) is 14.8. The standard InChI is InChI=1S/C46H56N4O11.H2O4S/c1-8-34(53)36(54)27-23-45(41(55)59-6,37-29(15-19-49(24-27)25-51)28-13-10-11-14-32(28)47-37)31-21-30-33(22-35(31)58-5)48(4)39-44(30)17-20-50-18-12-16-43(9-2,38(44)50)40(61-26(3)52)46(39,57)42(56)60-7;1-5(2,3)4/h10-14,16,21-22,25,27,36,38-40,47,54,57H,8-9,15,17-20,23-24H2,1-7H3;(H2,1,2,3,4)/t27-,36+,38-,39?,40+,43+,44+,45-,46-;/m0./s1/i6D3;. The van der Waals surface area contributed by atoms with E-state index in [4.69, 9.17) is 40.6 Å². The molecule has 0 radical (unpaired) electrons. The molecule has 20 heteroatoms. The Balaban J connectivity index is 0.00000134. The number of para-hydroxylation sites is 1. The predicted octanol–water partition coefficient (Wildman–Crippen LogP) is 2.29. The number of ketones is 1. The Morgan fingerprint density at radius 1 is 1.05 bits per heavy atom. The van der Waals surface area contributed by atoms with Gasteiger partial charge in [0.15, 0.2) is 11.9 Å². The highest BCUT2D eigenvalue weighted by molar-refractivity contribution is 7.79. The number of aliphatic hydroxyl groups is 2. The second kappa shape index (κ2) is 17.7. The Hall–Kier alpha value is -5.38. The molecule has 8 rings (SSSR count). The zero-order chi connectivity index (χ0) is 50.8. The van der Waals surface area contributed by atoms with Gasteiger partial charge in [0.1, 0.15) is 17.3 Å². The summed E-state index contributed by atoms with van der Waals surface area (Å²) in [4.78, 5) is 78.2. The fourth-order valence-corrected chi connectivity index (χ4v) is 12.5. The average molecular weight is 942 g/mol. The number of carbonyl (C=O) groups is 5. The van der Waals surface area contributed by atoms with E-state index in [1.54, 1.807) is 43.1 Å². The summed E-state index contributed by atoms with van der Waals surface area (Å²) >= 11 is 0. The minimum atomic E-state index is -4.67. The number of ether oxygens (including phenoxy) is 4. The minimum Gasteiger partial charge on any atom is -0.496 e. The average Bonchev–Trinajstić information content (AvgIpc) is 3.96. The predicted molar refractivity (Wildman–Crippen MR) is 237 cm³/mol. The fraction of sp³-hybridized carbons (Fsp3) is 0.543. The summed E-state index contributed by atoms with van der Waals surface area (Å²) in [5.41, 5.74) is -4.32. The summed E-state index contributed by atoms with van der Waals surface area (Å²) in [6.45, 7) is 5.70. The molecule has 358 valence electrons. The van der Waals surface area contributed by atoms with E-state index in [0.29, 0.717) is 60.1 Å². The third-order valence-electron chi connectivity index (χ3n) is 14.8. The molecule has 5 N–H and O–H groups in total. The van der Waals surface area contributed by atoms with Crippen LogP contribution in [-0.2, 0) is 65.8 Å². The molecule has 1 aromatic heterocycles. The van der Waals surface area contributed by atoms with Crippen molar-refractivity contribution in [3.63, 3.8) is 0 Å². The first-order valence-electron chi connectivity index (χ1n) is 23.1. The van der Waals surface area contributed by atoms with E-state index in [1.165, 1.54) is 26.0 Å². The number of aromatic nitrogens is 1. The number of methoxy groups -OCH3 is 3. The maximum absolute atomic E-state index is 15.6. The zero-order valence-corrected chi connectivity index (χ0v) is 38.3.